The van der Waals surface area contributed by atoms with Gasteiger partial charge >= 0.3 is 0 Å². The van der Waals surface area contributed by atoms with Crippen LogP contribution in [0.5, 0.6) is 0 Å². The van der Waals surface area contributed by atoms with Crippen molar-refractivity contribution in [1.29, 1.82) is 0 Å². The van der Waals surface area contributed by atoms with Crippen molar-refractivity contribution < 1.29 is 5.11 Å². The summed E-state index contributed by atoms with van der Waals surface area (Å²) < 4.78 is 2.96. The largest absolute Gasteiger partial charge is 0.392 e. The molecule has 2 aromatic heterocycles. The van der Waals surface area contributed by atoms with Gasteiger partial charge in [0.15, 0.2) is 5.16 Å². The molecule has 0 atom stereocenters. The highest BCUT2D eigenvalue weighted by atomic mass is 79.9. The van der Waals surface area contributed by atoms with Crippen LogP contribution in [0.15, 0.2) is 45.1 Å². The first kappa shape index (κ1) is 16.8. The standard InChI is InChI=1S/C16H16BrN3OS2/c1-22-15-12-11(9-21)13(17)20(8-10-6-4-3-5-7-10)14(12)18-16(19-15)23-2/h3-7,21H,8-9H2,1-2H3. The predicted octanol–water partition coefficient (Wildman–Crippen LogP) is 4.18. The molecule has 0 aliphatic rings. The number of halogens is 1. The summed E-state index contributed by atoms with van der Waals surface area (Å²) in [7, 11) is 0. The van der Waals surface area contributed by atoms with Crippen molar-refractivity contribution in [2.45, 2.75) is 23.3 Å². The molecule has 3 aromatic rings. The highest BCUT2D eigenvalue weighted by Crippen LogP contribution is 2.36. The maximum atomic E-state index is 9.83. The van der Waals surface area contributed by atoms with Crippen molar-refractivity contribution >= 4 is 50.5 Å². The lowest BCUT2D eigenvalue weighted by atomic mass is 10.2. The van der Waals surface area contributed by atoms with Crippen molar-refractivity contribution in [3.8, 4) is 0 Å². The lowest BCUT2D eigenvalue weighted by molar-refractivity contribution is 0.282. The molecule has 0 bridgehead atoms. The van der Waals surface area contributed by atoms with E-state index in [1.807, 2.05) is 30.7 Å². The maximum Gasteiger partial charge on any atom is 0.190 e. The summed E-state index contributed by atoms with van der Waals surface area (Å²) in [6.45, 7) is 0.644. The van der Waals surface area contributed by atoms with E-state index < -0.39 is 0 Å². The lowest BCUT2D eigenvalue weighted by Crippen LogP contribution is -2.02. The zero-order valence-electron chi connectivity index (χ0n) is 12.8. The van der Waals surface area contributed by atoms with E-state index >= 15 is 0 Å². The molecule has 1 aromatic carbocycles. The summed E-state index contributed by atoms with van der Waals surface area (Å²) in [5.74, 6) is 0. The summed E-state index contributed by atoms with van der Waals surface area (Å²) >= 11 is 6.74. The number of thioether (sulfide) groups is 2. The van der Waals surface area contributed by atoms with Gasteiger partial charge in [-0.05, 0) is 34.0 Å². The normalized spacial score (nSPS) is 11.3. The topological polar surface area (TPSA) is 50.9 Å². The molecule has 0 radical (unpaired) electrons. The minimum atomic E-state index is -0.0472. The lowest BCUT2D eigenvalue weighted by Gasteiger charge is -2.08. The molecule has 3 rings (SSSR count). The summed E-state index contributed by atoms with van der Waals surface area (Å²) in [4.78, 5) is 9.27. The number of rotatable bonds is 5. The average Bonchev–Trinajstić information content (AvgIpc) is 2.86. The zero-order chi connectivity index (χ0) is 16.4. The number of hydrogen-bond donors (Lipinski definition) is 1. The number of aliphatic hydroxyl groups is 1. The Morgan fingerprint density at radius 3 is 2.48 bits per heavy atom. The van der Waals surface area contributed by atoms with Crippen LogP contribution in [-0.4, -0.2) is 32.2 Å². The van der Waals surface area contributed by atoms with Crippen molar-refractivity contribution in [3.63, 3.8) is 0 Å². The third-order valence-corrected chi connectivity index (χ3v) is 5.73. The first-order valence-corrected chi connectivity index (χ1v) is 10.2. The number of benzene rings is 1. The minimum Gasteiger partial charge on any atom is -0.392 e. The molecule has 1 N–H and O–H groups in total. The number of fused-ring (bicyclic) bond motifs is 1. The van der Waals surface area contributed by atoms with Crippen molar-refractivity contribution in [1.82, 2.24) is 14.5 Å². The second-order valence-electron chi connectivity index (χ2n) is 4.92. The summed E-state index contributed by atoms with van der Waals surface area (Å²) in [6.07, 6.45) is 3.97. The zero-order valence-corrected chi connectivity index (χ0v) is 16.0. The van der Waals surface area contributed by atoms with Crippen LogP contribution in [0, 0.1) is 0 Å². The summed E-state index contributed by atoms with van der Waals surface area (Å²) in [5.41, 5.74) is 2.88. The SMILES string of the molecule is CSc1nc(SC)c2c(CO)c(Br)n(Cc3ccccc3)c2n1. The maximum absolute atomic E-state index is 9.83. The van der Waals surface area contributed by atoms with Gasteiger partial charge in [-0.1, -0.05) is 42.1 Å². The van der Waals surface area contributed by atoms with Gasteiger partial charge in [-0.15, -0.1) is 11.8 Å². The Hall–Kier alpha value is -1.02. The number of hydrogen-bond acceptors (Lipinski definition) is 5. The van der Waals surface area contributed by atoms with E-state index in [-0.39, 0.29) is 6.61 Å². The molecule has 0 saturated heterocycles. The third kappa shape index (κ3) is 3.15. The van der Waals surface area contributed by atoms with Crippen LogP contribution in [0.4, 0.5) is 0 Å². The fraction of sp³-hybridized carbons (Fsp3) is 0.250. The van der Waals surface area contributed by atoms with E-state index in [0.717, 1.165) is 31.4 Å². The van der Waals surface area contributed by atoms with Crippen LogP contribution < -0.4 is 0 Å². The molecule has 0 saturated carbocycles. The molecule has 0 aliphatic heterocycles. The predicted molar refractivity (Wildman–Crippen MR) is 100 cm³/mol. The van der Waals surface area contributed by atoms with Gasteiger partial charge in [0.25, 0.3) is 0 Å². The number of aliphatic hydroxyl groups excluding tert-OH is 1. The van der Waals surface area contributed by atoms with Crippen molar-refractivity contribution in [3.05, 3.63) is 46.1 Å². The van der Waals surface area contributed by atoms with E-state index in [1.54, 1.807) is 11.8 Å². The molecular weight excluding hydrogens is 394 g/mol. The molecule has 0 spiro atoms. The van der Waals surface area contributed by atoms with Crippen LogP contribution in [-0.2, 0) is 13.2 Å². The first-order chi connectivity index (χ1) is 11.2. The molecular formula is C16H16BrN3OS2. The molecule has 0 unspecified atom stereocenters. The Kier molecular flexibility index (Phi) is 5.31. The summed E-state index contributed by atoms with van der Waals surface area (Å²) in [5, 5.41) is 12.4. The molecule has 4 nitrogen and oxygen atoms in total. The highest BCUT2D eigenvalue weighted by Gasteiger charge is 2.21. The molecule has 0 aliphatic carbocycles. The Morgan fingerprint density at radius 2 is 1.87 bits per heavy atom. The van der Waals surface area contributed by atoms with E-state index in [0.29, 0.717) is 6.54 Å². The molecule has 0 fully saturated rings. The Labute approximate surface area is 151 Å². The Balaban J connectivity index is 2.26. The van der Waals surface area contributed by atoms with Crippen molar-refractivity contribution in [2.24, 2.45) is 0 Å². The Morgan fingerprint density at radius 1 is 1.13 bits per heavy atom. The molecule has 120 valence electrons. The van der Waals surface area contributed by atoms with E-state index in [1.165, 1.54) is 17.3 Å². The van der Waals surface area contributed by atoms with Gasteiger partial charge < -0.3 is 9.67 Å². The molecule has 2 heterocycles. The smallest absolute Gasteiger partial charge is 0.190 e. The quantitative estimate of drug-likeness (QED) is 0.389. The van der Waals surface area contributed by atoms with Crippen LogP contribution >= 0.6 is 39.5 Å². The molecule has 23 heavy (non-hydrogen) atoms. The third-order valence-electron chi connectivity index (χ3n) is 3.60. The second-order valence-corrected chi connectivity index (χ2v) is 7.24. The fourth-order valence-corrected chi connectivity index (χ4v) is 4.15. The van der Waals surface area contributed by atoms with Gasteiger partial charge in [0.1, 0.15) is 10.7 Å². The fourth-order valence-electron chi connectivity index (χ4n) is 2.52. The van der Waals surface area contributed by atoms with Crippen LogP contribution in [0.3, 0.4) is 0 Å². The van der Waals surface area contributed by atoms with E-state index in [4.69, 9.17) is 0 Å². The van der Waals surface area contributed by atoms with Gasteiger partial charge in [0, 0.05) is 5.56 Å². The van der Waals surface area contributed by atoms with Gasteiger partial charge in [-0.2, -0.15) is 0 Å². The average molecular weight is 410 g/mol. The monoisotopic (exact) mass is 409 g/mol. The first-order valence-electron chi connectivity index (χ1n) is 7.01. The Bertz CT molecular complexity index is 836. The van der Waals surface area contributed by atoms with Gasteiger partial charge in [0.05, 0.1) is 23.1 Å². The van der Waals surface area contributed by atoms with E-state index in [9.17, 15) is 5.11 Å². The van der Waals surface area contributed by atoms with Crippen LogP contribution in [0.1, 0.15) is 11.1 Å². The van der Waals surface area contributed by atoms with Gasteiger partial charge in [-0.25, -0.2) is 9.97 Å². The summed E-state index contributed by atoms with van der Waals surface area (Å²) in [6, 6.07) is 10.2. The van der Waals surface area contributed by atoms with E-state index in [2.05, 4.69) is 42.6 Å². The second kappa shape index (κ2) is 7.25. The number of aromatic nitrogens is 3. The van der Waals surface area contributed by atoms with Crippen LogP contribution in [0.2, 0.25) is 0 Å². The van der Waals surface area contributed by atoms with Crippen molar-refractivity contribution in [2.75, 3.05) is 12.5 Å². The minimum absolute atomic E-state index is 0.0472. The van der Waals surface area contributed by atoms with Gasteiger partial charge in [-0.3, -0.25) is 0 Å². The molecule has 0 amide bonds. The van der Waals surface area contributed by atoms with Crippen LogP contribution in [0.25, 0.3) is 11.0 Å². The molecule has 7 heteroatoms. The highest BCUT2D eigenvalue weighted by molar-refractivity contribution is 9.10. The van der Waals surface area contributed by atoms with Gasteiger partial charge in [0.2, 0.25) is 0 Å². The number of nitrogens with zero attached hydrogens (tertiary/aromatic N) is 3.